The van der Waals surface area contributed by atoms with Crippen LogP contribution in [0.15, 0.2) is 114 Å². The summed E-state index contributed by atoms with van der Waals surface area (Å²) in [4.78, 5) is 8.96. The Bertz CT molecular complexity index is 2310. The zero-order valence-electron chi connectivity index (χ0n) is 30.9. The molecule has 3 aromatic heterocycles. The summed E-state index contributed by atoms with van der Waals surface area (Å²) in [5.74, 6) is 5.18. The van der Waals surface area contributed by atoms with Gasteiger partial charge in [-0.3, -0.25) is 0 Å². The summed E-state index contributed by atoms with van der Waals surface area (Å²) in [6.07, 6.45) is 3.60. The first-order chi connectivity index (χ1) is 23.6. The van der Waals surface area contributed by atoms with Crippen molar-refractivity contribution in [1.29, 1.82) is 0 Å². The van der Waals surface area contributed by atoms with Gasteiger partial charge < -0.3 is 9.40 Å². The molecule has 239 valence electrons. The number of halogens is 1. The Labute approximate surface area is 298 Å². The Hall–Kier alpha value is -3.90. The van der Waals surface area contributed by atoms with E-state index < -0.39 is 31.8 Å². The number of hydrogen-bond acceptors (Lipinski definition) is 3. The van der Waals surface area contributed by atoms with Gasteiger partial charge in [0.1, 0.15) is 5.58 Å². The zero-order valence-corrected chi connectivity index (χ0v) is 31.4. The van der Waals surface area contributed by atoms with Crippen LogP contribution in [0, 0.1) is 24.8 Å². The average molecular weight is 862 g/mol. The Morgan fingerprint density at radius 1 is 0.830 bits per heavy atom. The molecule has 0 saturated carbocycles. The number of pyridine rings is 2. The fourth-order valence-corrected chi connectivity index (χ4v) is 8.85. The van der Waals surface area contributed by atoms with Crippen LogP contribution in [0.4, 0.5) is 4.39 Å². The molecule has 7 rings (SSSR count). The smallest absolute Gasteiger partial charge is 0.120 e. The first-order valence-corrected chi connectivity index (χ1v) is 22.5. The maximum absolute atomic E-state index is 14.5. The van der Waals surface area contributed by atoms with Gasteiger partial charge in [0, 0.05) is 31.7 Å². The largest absolute Gasteiger partial charge is 0.501 e. The average Bonchev–Trinajstić information content (AvgIpc) is 3.47. The van der Waals surface area contributed by atoms with Gasteiger partial charge >= 0.3 is 135 Å². The molecule has 3 heterocycles. The van der Waals surface area contributed by atoms with Crippen molar-refractivity contribution in [1.82, 2.24) is 9.97 Å². The molecule has 47 heavy (non-hydrogen) atoms. The summed E-state index contributed by atoms with van der Waals surface area (Å²) < 4.78 is 52.3. The molecule has 0 aliphatic rings. The Morgan fingerprint density at radius 3 is 2.30 bits per heavy atom. The van der Waals surface area contributed by atoms with E-state index in [-0.39, 0.29) is 31.2 Å². The Kier molecular flexibility index (Phi) is 9.01. The molecule has 0 aliphatic heterocycles. The normalized spacial score (nSPS) is 13.1. The number of fused-ring (bicyclic) bond motifs is 3. The second-order valence-electron chi connectivity index (χ2n) is 12.5. The van der Waals surface area contributed by atoms with Gasteiger partial charge in [0.05, 0.1) is 5.58 Å². The monoisotopic (exact) mass is 863 g/mol. The molecular formula is C41H37FGeIrN2O-2. The second kappa shape index (κ2) is 14.5. The van der Waals surface area contributed by atoms with Crippen molar-refractivity contribution in [2.75, 3.05) is 0 Å². The first kappa shape index (κ1) is 29.3. The van der Waals surface area contributed by atoms with E-state index in [0.29, 0.717) is 5.69 Å². The molecule has 0 saturated heterocycles. The summed E-state index contributed by atoms with van der Waals surface area (Å²) in [5, 5.41) is 2.21. The van der Waals surface area contributed by atoms with Crippen molar-refractivity contribution in [3.05, 3.63) is 139 Å². The number of aromatic nitrogens is 2. The fourth-order valence-electron chi connectivity index (χ4n) is 5.53. The molecule has 1 radical (unpaired) electrons. The van der Waals surface area contributed by atoms with Crippen molar-refractivity contribution >= 4 is 39.6 Å². The van der Waals surface area contributed by atoms with Crippen LogP contribution >= 0.6 is 0 Å². The number of benzene rings is 4. The fraction of sp³-hybridized carbons (Fsp3) is 0.171. The first-order valence-electron chi connectivity index (χ1n) is 17.2. The molecule has 0 aliphatic carbocycles. The molecule has 0 spiro atoms. The quantitative estimate of drug-likeness (QED) is 0.128. The molecule has 3 nitrogen and oxygen atoms in total. The maximum Gasteiger partial charge on any atom is 0.120 e. The van der Waals surface area contributed by atoms with Crippen LogP contribution in [0.5, 0.6) is 0 Å². The third-order valence-corrected chi connectivity index (χ3v) is 12.1. The third-order valence-electron chi connectivity index (χ3n) is 7.86. The van der Waals surface area contributed by atoms with Crippen molar-refractivity contribution in [2.24, 2.45) is 0 Å². The van der Waals surface area contributed by atoms with E-state index in [1.165, 1.54) is 11.6 Å². The van der Waals surface area contributed by atoms with Gasteiger partial charge in [-0.2, -0.15) is 0 Å². The predicted octanol–water partition coefficient (Wildman–Crippen LogP) is 10.8. The topological polar surface area (TPSA) is 38.9 Å². The van der Waals surface area contributed by atoms with Gasteiger partial charge in [0.2, 0.25) is 0 Å². The summed E-state index contributed by atoms with van der Waals surface area (Å²) in [6, 6.07) is 36.6. The van der Waals surface area contributed by atoms with Crippen LogP contribution in [-0.2, 0) is 20.1 Å². The SMILES string of the molecule is [2H]C([2H])([2H])c1c[c-]c(-c2cc(C([2H])(C)C)[c]([Ge]([CH3])([CH3])[CH3])cn2)c(F)c1.[Ir].[c-]1ccc2c(oc3ccccc32)c1-c1cc(-c2ccccc2)ccn1. The molecule has 4 aromatic carbocycles. The van der Waals surface area contributed by atoms with E-state index in [1.54, 1.807) is 26.1 Å². The molecule has 0 fully saturated rings. The number of para-hydroxylation sites is 1. The molecule has 0 atom stereocenters. The molecule has 0 bridgehead atoms. The van der Waals surface area contributed by atoms with Gasteiger partial charge in [-0.05, 0) is 29.0 Å². The summed E-state index contributed by atoms with van der Waals surface area (Å²) in [7, 11) is 0. The minimum atomic E-state index is -2.37. The molecule has 0 amide bonds. The molecule has 7 aromatic rings. The number of furan rings is 1. The van der Waals surface area contributed by atoms with E-state index >= 15 is 0 Å². The van der Waals surface area contributed by atoms with E-state index in [2.05, 4.69) is 63.6 Å². The van der Waals surface area contributed by atoms with Gasteiger partial charge in [-0.15, -0.1) is 18.2 Å². The zero-order chi connectivity index (χ0) is 35.8. The Morgan fingerprint density at radius 2 is 1.57 bits per heavy atom. The van der Waals surface area contributed by atoms with Crippen LogP contribution in [0.25, 0.3) is 55.6 Å². The third kappa shape index (κ3) is 7.49. The van der Waals surface area contributed by atoms with Crippen LogP contribution in [0.3, 0.4) is 0 Å². The van der Waals surface area contributed by atoms with E-state index in [0.717, 1.165) is 54.8 Å². The van der Waals surface area contributed by atoms with Crippen molar-refractivity contribution in [3.63, 3.8) is 0 Å². The summed E-state index contributed by atoms with van der Waals surface area (Å²) in [6.45, 7) is 1.24. The predicted molar refractivity (Wildman–Crippen MR) is 191 cm³/mol. The van der Waals surface area contributed by atoms with Crippen molar-refractivity contribution < 1.29 is 34.4 Å². The number of hydrogen-bond donors (Lipinski definition) is 0. The van der Waals surface area contributed by atoms with Gasteiger partial charge in [-0.1, -0.05) is 65.5 Å². The number of aryl methyl sites for hydroxylation is 1. The van der Waals surface area contributed by atoms with Crippen LogP contribution in [0.2, 0.25) is 17.3 Å². The Balaban J connectivity index is 0.000000194. The molecule has 6 heteroatoms. The van der Waals surface area contributed by atoms with Gasteiger partial charge in [0.15, 0.2) is 0 Å². The van der Waals surface area contributed by atoms with E-state index in [9.17, 15) is 4.39 Å². The van der Waals surface area contributed by atoms with Crippen molar-refractivity contribution in [2.45, 2.75) is 43.9 Å². The van der Waals surface area contributed by atoms with Crippen LogP contribution in [-0.4, -0.2) is 23.2 Å². The van der Waals surface area contributed by atoms with Gasteiger partial charge in [-0.25, -0.2) is 0 Å². The van der Waals surface area contributed by atoms with Gasteiger partial charge in [0.25, 0.3) is 0 Å². The maximum atomic E-state index is 14.5. The molecular weight excluding hydrogens is 820 g/mol. The minimum Gasteiger partial charge on any atom is -0.501 e. The second-order valence-corrected chi connectivity index (χ2v) is 23.0. The summed E-state index contributed by atoms with van der Waals surface area (Å²) >= 11 is -2.25. The van der Waals surface area contributed by atoms with Crippen LogP contribution in [0.1, 0.15) is 36.4 Å². The summed E-state index contributed by atoms with van der Waals surface area (Å²) in [5.41, 5.74) is 7.05. The van der Waals surface area contributed by atoms with Crippen molar-refractivity contribution in [3.8, 4) is 33.6 Å². The van der Waals surface area contributed by atoms with Crippen LogP contribution < -0.4 is 4.40 Å². The minimum absolute atomic E-state index is 0. The van der Waals surface area contributed by atoms with E-state index in [1.807, 2.05) is 60.8 Å². The van der Waals surface area contributed by atoms with E-state index in [4.69, 9.17) is 9.90 Å². The molecule has 0 unspecified atom stereocenters. The molecule has 0 N–H and O–H groups in total. The number of rotatable bonds is 5. The standard InChI is InChI=1S/C23H14NO.C18H23FGeN.Ir/c1-2-7-16(8-3-1)17-13-14-24-21(15-17)20-11-6-10-19-18-9-4-5-12-22(18)25-23(19)20;1-12(2)15-10-18(21-11-17(15)20(4,5)6)14-8-7-13(3)9-16(14)19;/h1-10,12-15H;7,9-12H,1-6H3;/q2*-1;/i;3D3,12D;. The number of nitrogens with zero attached hydrogens (tertiary/aromatic N) is 2.